The summed E-state index contributed by atoms with van der Waals surface area (Å²) >= 11 is 0. The minimum absolute atomic E-state index is 0.253. The van der Waals surface area contributed by atoms with Crippen LogP contribution in [0.3, 0.4) is 0 Å². The highest BCUT2D eigenvalue weighted by atomic mass is 16.5. The molecule has 0 saturated carbocycles. The van der Waals surface area contributed by atoms with Crippen LogP contribution in [-0.2, 0) is 11.3 Å². The van der Waals surface area contributed by atoms with Crippen LogP contribution in [-0.4, -0.2) is 13.1 Å². The average molecular weight is 285 g/mol. The van der Waals surface area contributed by atoms with Gasteiger partial charge in [-0.25, -0.2) is 4.79 Å². The molecule has 0 atom stereocenters. The van der Waals surface area contributed by atoms with Crippen molar-refractivity contribution in [3.63, 3.8) is 0 Å². The number of esters is 1. The maximum absolute atomic E-state index is 12.1. The Morgan fingerprint density at radius 2 is 1.81 bits per heavy atom. The number of carbonyl (C=O) groups is 1. The Morgan fingerprint density at radius 3 is 2.38 bits per heavy atom. The van der Waals surface area contributed by atoms with Gasteiger partial charge in [0.25, 0.3) is 0 Å². The molecule has 0 fully saturated rings. The zero-order valence-corrected chi connectivity index (χ0v) is 12.5. The molecule has 4 nitrogen and oxygen atoms in total. The first-order valence-corrected chi connectivity index (χ1v) is 6.68. The second-order valence-electron chi connectivity index (χ2n) is 4.90. The van der Waals surface area contributed by atoms with Gasteiger partial charge in [-0.3, -0.25) is 0 Å². The lowest BCUT2D eigenvalue weighted by atomic mass is 10.0. The number of hydrogen-bond acceptors (Lipinski definition) is 4. The first kappa shape index (κ1) is 14.9. The van der Waals surface area contributed by atoms with E-state index < -0.39 is 5.97 Å². The summed E-state index contributed by atoms with van der Waals surface area (Å²) in [6.45, 7) is 4.26. The predicted molar refractivity (Wildman–Crippen MR) is 82.4 cm³/mol. The summed E-state index contributed by atoms with van der Waals surface area (Å²) in [7, 11) is 1.53. The van der Waals surface area contributed by atoms with E-state index >= 15 is 0 Å². The fourth-order valence-electron chi connectivity index (χ4n) is 2.16. The number of nitrogen functional groups attached to an aromatic ring is 1. The van der Waals surface area contributed by atoms with Crippen molar-refractivity contribution in [2.75, 3.05) is 12.8 Å². The van der Waals surface area contributed by atoms with E-state index in [2.05, 4.69) is 0 Å². The quantitative estimate of drug-likeness (QED) is 0.692. The molecule has 0 saturated heterocycles. The summed E-state index contributed by atoms with van der Waals surface area (Å²) in [5, 5.41) is 0. The lowest BCUT2D eigenvalue weighted by Crippen LogP contribution is -2.08. The normalized spacial score (nSPS) is 10.2. The Labute approximate surface area is 124 Å². The highest BCUT2D eigenvalue weighted by molar-refractivity contribution is 5.91. The molecule has 2 aromatic carbocycles. The summed E-state index contributed by atoms with van der Waals surface area (Å²) in [4.78, 5) is 12.1. The largest absolute Gasteiger partial charge is 0.495 e. The minimum atomic E-state index is -0.396. The van der Waals surface area contributed by atoms with E-state index in [0.29, 0.717) is 17.0 Å². The van der Waals surface area contributed by atoms with Gasteiger partial charge in [0, 0.05) is 0 Å². The van der Waals surface area contributed by atoms with Crippen LogP contribution in [0, 0.1) is 13.8 Å². The number of rotatable bonds is 4. The Kier molecular flexibility index (Phi) is 4.48. The zero-order chi connectivity index (χ0) is 15.4. The Bertz CT molecular complexity index is 645. The summed E-state index contributed by atoms with van der Waals surface area (Å²) < 4.78 is 10.4. The van der Waals surface area contributed by atoms with Crippen LogP contribution in [0.5, 0.6) is 5.75 Å². The SMILES string of the molecule is COc1ccc(C(=O)OCc2c(C)cccc2C)cc1N. The second kappa shape index (κ2) is 6.31. The van der Waals surface area contributed by atoms with Crippen LogP contribution < -0.4 is 10.5 Å². The maximum atomic E-state index is 12.1. The number of ether oxygens (including phenoxy) is 2. The van der Waals surface area contributed by atoms with Gasteiger partial charge in [-0.2, -0.15) is 0 Å². The van der Waals surface area contributed by atoms with Crippen molar-refractivity contribution in [3.05, 3.63) is 58.7 Å². The van der Waals surface area contributed by atoms with E-state index in [4.69, 9.17) is 15.2 Å². The molecule has 2 rings (SSSR count). The van der Waals surface area contributed by atoms with Gasteiger partial charge in [-0.05, 0) is 48.7 Å². The molecule has 0 bridgehead atoms. The number of carbonyl (C=O) groups excluding carboxylic acids is 1. The number of anilines is 1. The topological polar surface area (TPSA) is 61.5 Å². The van der Waals surface area contributed by atoms with Crippen LogP contribution in [0.2, 0.25) is 0 Å². The fraction of sp³-hybridized carbons (Fsp3) is 0.235. The first-order chi connectivity index (χ1) is 10.0. The van der Waals surface area contributed by atoms with Crippen molar-refractivity contribution in [1.29, 1.82) is 0 Å². The number of nitrogens with two attached hydrogens (primary N) is 1. The highest BCUT2D eigenvalue weighted by Crippen LogP contribution is 2.23. The van der Waals surface area contributed by atoms with Crippen molar-refractivity contribution in [2.24, 2.45) is 0 Å². The molecule has 4 heteroatoms. The number of benzene rings is 2. The number of methoxy groups -OCH3 is 1. The van der Waals surface area contributed by atoms with E-state index in [9.17, 15) is 4.79 Å². The van der Waals surface area contributed by atoms with E-state index in [1.807, 2.05) is 32.0 Å². The smallest absolute Gasteiger partial charge is 0.338 e. The molecule has 0 aliphatic rings. The summed E-state index contributed by atoms with van der Waals surface area (Å²) in [6.07, 6.45) is 0. The number of hydrogen-bond donors (Lipinski definition) is 1. The van der Waals surface area contributed by atoms with Gasteiger partial charge in [-0.1, -0.05) is 18.2 Å². The summed E-state index contributed by atoms with van der Waals surface area (Å²) in [5.74, 6) is 0.147. The molecule has 2 aromatic rings. The molecule has 2 N–H and O–H groups in total. The Morgan fingerprint density at radius 1 is 1.14 bits per heavy atom. The molecular weight excluding hydrogens is 266 g/mol. The third-order valence-electron chi connectivity index (χ3n) is 3.46. The van der Waals surface area contributed by atoms with Crippen molar-refractivity contribution in [2.45, 2.75) is 20.5 Å². The van der Waals surface area contributed by atoms with Gasteiger partial charge in [-0.15, -0.1) is 0 Å². The first-order valence-electron chi connectivity index (χ1n) is 6.68. The van der Waals surface area contributed by atoms with Crippen molar-refractivity contribution in [1.82, 2.24) is 0 Å². The fourth-order valence-corrected chi connectivity index (χ4v) is 2.16. The average Bonchev–Trinajstić information content (AvgIpc) is 2.46. The van der Waals surface area contributed by atoms with Crippen LogP contribution >= 0.6 is 0 Å². The molecule has 0 aliphatic carbocycles. The molecule has 0 spiro atoms. The second-order valence-corrected chi connectivity index (χ2v) is 4.90. The third-order valence-corrected chi connectivity index (χ3v) is 3.46. The van der Waals surface area contributed by atoms with Gasteiger partial charge >= 0.3 is 5.97 Å². The molecule has 0 heterocycles. The molecule has 0 amide bonds. The standard InChI is InChI=1S/C17H19NO3/c1-11-5-4-6-12(2)14(11)10-21-17(19)13-7-8-16(20-3)15(18)9-13/h4-9H,10,18H2,1-3H3. The lowest BCUT2D eigenvalue weighted by Gasteiger charge is -2.11. The molecule has 0 unspecified atom stereocenters. The zero-order valence-electron chi connectivity index (χ0n) is 12.5. The summed E-state index contributed by atoms with van der Waals surface area (Å²) in [5.41, 5.74) is 9.88. The van der Waals surface area contributed by atoms with Crippen molar-refractivity contribution in [3.8, 4) is 5.75 Å². The third kappa shape index (κ3) is 3.34. The van der Waals surface area contributed by atoms with Crippen molar-refractivity contribution >= 4 is 11.7 Å². The molecule has 110 valence electrons. The molecule has 0 aliphatic heterocycles. The van der Waals surface area contributed by atoms with Gasteiger partial charge in [0.05, 0.1) is 18.4 Å². The molecule has 21 heavy (non-hydrogen) atoms. The van der Waals surface area contributed by atoms with Gasteiger partial charge < -0.3 is 15.2 Å². The van der Waals surface area contributed by atoms with Crippen LogP contribution in [0.1, 0.15) is 27.0 Å². The van der Waals surface area contributed by atoms with Crippen LogP contribution in [0.15, 0.2) is 36.4 Å². The Hall–Kier alpha value is -2.49. The lowest BCUT2D eigenvalue weighted by molar-refractivity contribution is 0.0471. The van der Waals surface area contributed by atoms with E-state index in [-0.39, 0.29) is 6.61 Å². The molecular formula is C17H19NO3. The Balaban J connectivity index is 2.10. The maximum Gasteiger partial charge on any atom is 0.338 e. The van der Waals surface area contributed by atoms with Gasteiger partial charge in [0.2, 0.25) is 0 Å². The minimum Gasteiger partial charge on any atom is -0.495 e. The van der Waals surface area contributed by atoms with Gasteiger partial charge in [0.1, 0.15) is 12.4 Å². The monoisotopic (exact) mass is 285 g/mol. The van der Waals surface area contributed by atoms with E-state index in [1.54, 1.807) is 18.2 Å². The molecule has 0 aromatic heterocycles. The molecule has 0 radical (unpaired) electrons. The van der Waals surface area contributed by atoms with Crippen LogP contribution in [0.25, 0.3) is 0 Å². The number of aryl methyl sites for hydroxylation is 2. The van der Waals surface area contributed by atoms with E-state index in [1.165, 1.54) is 7.11 Å². The van der Waals surface area contributed by atoms with Crippen molar-refractivity contribution < 1.29 is 14.3 Å². The highest BCUT2D eigenvalue weighted by Gasteiger charge is 2.11. The van der Waals surface area contributed by atoms with Crippen LogP contribution in [0.4, 0.5) is 5.69 Å². The van der Waals surface area contributed by atoms with E-state index in [0.717, 1.165) is 16.7 Å². The summed E-state index contributed by atoms with van der Waals surface area (Å²) in [6, 6.07) is 10.8. The predicted octanol–water partition coefficient (Wildman–Crippen LogP) is 3.25. The van der Waals surface area contributed by atoms with Gasteiger partial charge in [0.15, 0.2) is 0 Å².